The molecule has 1 heterocycles. The average Bonchev–Trinajstić information content (AvgIpc) is 2.00. The number of aryl methyl sites for hydroxylation is 1. The van der Waals surface area contributed by atoms with Crippen LogP contribution in [-0.4, -0.2) is 9.97 Å². The van der Waals surface area contributed by atoms with Gasteiger partial charge in [0.15, 0.2) is 0 Å². The first-order valence-electron chi connectivity index (χ1n) is 4.70. The monoisotopic (exact) mass is 196 g/mol. The quantitative estimate of drug-likeness (QED) is 0.680. The van der Waals surface area contributed by atoms with E-state index in [1.54, 1.807) is 0 Å². The fourth-order valence-corrected chi connectivity index (χ4v) is 1.75. The third-order valence-electron chi connectivity index (χ3n) is 2.56. The van der Waals surface area contributed by atoms with Crippen LogP contribution in [0.2, 0.25) is 0 Å². The van der Waals surface area contributed by atoms with Gasteiger partial charge in [0.2, 0.25) is 0 Å². The number of alkyl halides is 1. The molecule has 1 fully saturated rings. The maximum absolute atomic E-state index is 5.71. The summed E-state index contributed by atoms with van der Waals surface area (Å²) in [4.78, 5) is 8.68. The Kier molecular flexibility index (Phi) is 2.49. The predicted octanol–water partition coefficient (Wildman–Crippen LogP) is 2.79. The van der Waals surface area contributed by atoms with E-state index in [9.17, 15) is 0 Å². The Morgan fingerprint density at radius 1 is 1.46 bits per heavy atom. The SMILES string of the molecule is Cc1cc(C2CCC2)nc(CCl)n1. The Morgan fingerprint density at radius 2 is 2.23 bits per heavy atom. The minimum absolute atomic E-state index is 0.418. The lowest BCUT2D eigenvalue weighted by molar-refractivity contribution is 0.409. The fourth-order valence-electron chi connectivity index (χ4n) is 1.63. The van der Waals surface area contributed by atoms with E-state index in [1.807, 2.05) is 6.92 Å². The average molecular weight is 197 g/mol. The zero-order chi connectivity index (χ0) is 9.26. The van der Waals surface area contributed by atoms with Crippen molar-refractivity contribution in [1.82, 2.24) is 9.97 Å². The molecule has 1 aromatic rings. The van der Waals surface area contributed by atoms with Crippen LogP contribution in [0.3, 0.4) is 0 Å². The standard InChI is InChI=1S/C10H13ClN2/c1-7-5-9(8-3-2-4-8)13-10(6-11)12-7/h5,8H,2-4,6H2,1H3. The van der Waals surface area contributed by atoms with Crippen LogP contribution in [0.5, 0.6) is 0 Å². The summed E-state index contributed by atoms with van der Waals surface area (Å²) in [6.07, 6.45) is 3.89. The van der Waals surface area contributed by atoms with Gasteiger partial charge in [-0.2, -0.15) is 0 Å². The normalized spacial score (nSPS) is 17.1. The highest BCUT2D eigenvalue weighted by Crippen LogP contribution is 2.35. The summed E-state index contributed by atoms with van der Waals surface area (Å²) in [5.74, 6) is 1.86. The van der Waals surface area contributed by atoms with Crippen LogP contribution >= 0.6 is 11.6 Å². The molecule has 1 saturated carbocycles. The van der Waals surface area contributed by atoms with E-state index in [0.29, 0.717) is 11.8 Å². The van der Waals surface area contributed by atoms with Crippen molar-refractivity contribution >= 4 is 11.6 Å². The second kappa shape index (κ2) is 3.62. The molecule has 0 unspecified atom stereocenters. The molecule has 0 radical (unpaired) electrons. The molecule has 0 atom stereocenters. The van der Waals surface area contributed by atoms with Crippen LogP contribution < -0.4 is 0 Å². The molecule has 2 rings (SSSR count). The summed E-state index contributed by atoms with van der Waals surface area (Å²) in [7, 11) is 0. The van der Waals surface area contributed by atoms with Crippen LogP contribution in [-0.2, 0) is 5.88 Å². The highest BCUT2D eigenvalue weighted by Gasteiger charge is 2.21. The van der Waals surface area contributed by atoms with E-state index in [-0.39, 0.29) is 0 Å². The molecule has 0 N–H and O–H groups in total. The van der Waals surface area contributed by atoms with Crippen molar-refractivity contribution in [3.63, 3.8) is 0 Å². The minimum atomic E-state index is 0.418. The lowest BCUT2D eigenvalue weighted by Gasteiger charge is -2.25. The Hall–Kier alpha value is -0.630. The number of hydrogen-bond acceptors (Lipinski definition) is 2. The first-order chi connectivity index (χ1) is 6.29. The van der Waals surface area contributed by atoms with E-state index >= 15 is 0 Å². The molecule has 0 saturated heterocycles. The van der Waals surface area contributed by atoms with Crippen LogP contribution in [0.25, 0.3) is 0 Å². The van der Waals surface area contributed by atoms with E-state index in [2.05, 4.69) is 16.0 Å². The molecule has 0 aliphatic heterocycles. The highest BCUT2D eigenvalue weighted by atomic mass is 35.5. The van der Waals surface area contributed by atoms with Crippen molar-refractivity contribution in [3.8, 4) is 0 Å². The highest BCUT2D eigenvalue weighted by molar-refractivity contribution is 6.16. The second-order valence-corrected chi connectivity index (χ2v) is 3.88. The number of rotatable bonds is 2. The molecule has 1 aliphatic carbocycles. The van der Waals surface area contributed by atoms with Gasteiger partial charge in [-0.3, -0.25) is 0 Å². The first-order valence-corrected chi connectivity index (χ1v) is 5.23. The Balaban J connectivity index is 2.28. The number of halogens is 1. The summed E-state index contributed by atoms with van der Waals surface area (Å²) in [6, 6.07) is 2.08. The van der Waals surface area contributed by atoms with Gasteiger partial charge < -0.3 is 0 Å². The molecular formula is C10H13ClN2. The van der Waals surface area contributed by atoms with Gasteiger partial charge in [0.25, 0.3) is 0 Å². The van der Waals surface area contributed by atoms with Gasteiger partial charge in [-0.05, 0) is 25.8 Å². The molecule has 70 valence electrons. The van der Waals surface area contributed by atoms with E-state index in [4.69, 9.17) is 11.6 Å². The molecule has 13 heavy (non-hydrogen) atoms. The minimum Gasteiger partial charge on any atom is -0.237 e. The molecule has 0 spiro atoms. The maximum atomic E-state index is 5.71. The molecule has 1 aromatic heterocycles. The summed E-state index contributed by atoms with van der Waals surface area (Å²) >= 11 is 5.71. The second-order valence-electron chi connectivity index (χ2n) is 3.61. The van der Waals surface area contributed by atoms with Crippen molar-refractivity contribution in [1.29, 1.82) is 0 Å². The van der Waals surface area contributed by atoms with Gasteiger partial charge in [0, 0.05) is 17.3 Å². The first kappa shape index (κ1) is 8.95. The maximum Gasteiger partial charge on any atom is 0.143 e. The third kappa shape index (κ3) is 1.83. The zero-order valence-corrected chi connectivity index (χ0v) is 8.51. The van der Waals surface area contributed by atoms with E-state index in [1.165, 1.54) is 25.0 Å². The molecule has 0 amide bonds. The van der Waals surface area contributed by atoms with Crippen molar-refractivity contribution in [3.05, 3.63) is 23.3 Å². The Morgan fingerprint density at radius 3 is 2.77 bits per heavy atom. The number of hydrogen-bond donors (Lipinski definition) is 0. The van der Waals surface area contributed by atoms with Gasteiger partial charge in [-0.15, -0.1) is 11.6 Å². The van der Waals surface area contributed by atoms with Crippen molar-refractivity contribution in [2.45, 2.75) is 38.0 Å². The topological polar surface area (TPSA) is 25.8 Å². The molecule has 1 aliphatic rings. The molecule has 2 nitrogen and oxygen atoms in total. The van der Waals surface area contributed by atoms with Crippen molar-refractivity contribution in [2.24, 2.45) is 0 Å². The van der Waals surface area contributed by atoms with E-state index in [0.717, 1.165) is 11.5 Å². The predicted molar refractivity (Wildman–Crippen MR) is 52.9 cm³/mol. The van der Waals surface area contributed by atoms with Crippen molar-refractivity contribution in [2.75, 3.05) is 0 Å². The summed E-state index contributed by atoms with van der Waals surface area (Å²) in [5.41, 5.74) is 2.22. The zero-order valence-electron chi connectivity index (χ0n) is 7.76. The fraction of sp³-hybridized carbons (Fsp3) is 0.600. The van der Waals surface area contributed by atoms with Gasteiger partial charge >= 0.3 is 0 Å². The summed E-state index contributed by atoms with van der Waals surface area (Å²) in [6.45, 7) is 2.00. The Bertz CT molecular complexity index is 308. The largest absolute Gasteiger partial charge is 0.237 e. The van der Waals surface area contributed by atoms with E-state index < -0.39 is 0 Å². The van der Waals surface area contributed by atoms with Crippen LogP contribution in [0, 0.1) is 6.92 Å². The molecular weight excluding hydrogens is 184 g/mol. The summed E-state index contributed by atoms with van der Waals surface area (Å²) < 4.78 is 0. The smallest absolute Gasteiger partial charge is 0.143 e. The van der Waals surface area contributed by atoms with Gasteiger partial charge in [-0.1, -0.05) is 6.42 Å². The summed E-state index contributed by atoms with van der Waals surface area (Å²) in [5, 5.41) is 0. The molecule has 0 bridgehead atoms. The number of aromatic nitrogens is 2. The van der Waals surface area contributed by atoms with Crippen LogP contribution in [0.1, 0.15) is 42.4 Å². The van der Waals surface area contributed by atoms with Crippen LogP contribution in [0.15, 0.2) is 6.07 Å². The number of nitrogens with zero attached hydrogens (tertiary/aromatic N) is 2. The van der Waals surface area contributed by atoms with Crippen molar-refractivity contribution < 1.29 is 0 Å². The lowest BCUT2D eigenvalue weighted by atomic mass is 9.82. The third-order valence-corrected chi connectivity index (χ3v) is 2.80. The Labute approximate surface area is 83.4 Å². The van der Waals surface area contributed by atoms with Crippen LogP contribution in [0.4, 0.5) is 0 Å². The van der Waals surface area contributed by atoms with Gasteiger partial charge in [0.05, 0.1) is 5.88 Å². The molecule has 3 heteroatoms. The van der Waals surface area contributed by atoms with Gasteiger partial charge in [-0.25, -0.2) is 9.97 Å². The molecule has 0 aromatic carbocycles. The lowest BCUT2D eigenvalue weighted by Crippen LogP contribution is -2.12. The van der Waals surface area contributed by atoms with Gasteiger partial charge in [0.1, 0.15) is 5.82 Å².